The van der Waals surface area contributed by atoms with Crippen molar-refractivity contribution in [3.8, 4) is 0 Å². The lowest BCUT2D eigenvalue weighted by Gasteiger charge is -2.19. The Kier molecular flexibility index (Phi) is 3.60. The predicted molar refractivity (Wildman–Crippen MR) is 82.1 cm³/mol. The van der Waals surface area contributed by atoms with Gasteiger partial charge in [0.15, 0.2) is 0 Å². The maximum absolute atomic E-state index is 13.5. The van der Waals surface area contributed by atoms with Gasteiger partial charge in [-0.2, -0.15) is 0 Å². The number of hydrogen-bond acceptors (Lipinski definition) is 2. The second-order valence-electron chi connectivity index (χ2n) is 5.37. The number of carbonyl (C=O) groups is 1. The molecule has 0 aromatic heterocycles. The van der Waals surface area contributed by atoms with Crippen LogP contribution in [-0.4, -0.2) is 19.0 Å². The molecule has 2 aromatic rings. The van der Waals surface area contributed by atoms with Crippen molar-refractivity contribution >= 4 is 17.3 Å². The summed E-state index contributed by atoms with van der Waals surface area (Å²) in [7, 11) is 0. The van der Waals surface area contributed by atoms with Gasteiger partial charge in [0.2, 0.25) is 5.91 Å². The van der Waals surface area contributed by atoms with Crippen molar-refractivity contribution in [3.05, 3.63) is 59.9 Å². The minimum absolute atomic E-state index is 0.205. The highest BCUT2D eigenvalue weighted by Crippen LogP contribution is 2.35. The van der Waals surface area contributed by atoms with Crippen LogP contribution in [0.2, 0.25) is 0 Å². The zero-order chi connectivity index (χ0) is 14.8. The van der Waals surface area contributed by atoms with E-state index in [2.05, 4.69) is 18.3 Å². The Labute approximate surface area is 123 Å². The summed E-state index contributed by atoms with van der Waals surface area (Å²) in [6.07, 6.45) is 0. The van der Waals surface area contributed by atoms with E-state index in [1.807, 2.05) is 23.1 Å². The lowest BCUT2D eigenvalue weighted by Crippen LogP contribution is -2.32. The first-order valence-corrected chi connectivity index (χ1v) is 7.03. The molecule has 1 aliphatic rings. The first-order chi connectivity index (χ1) is 10.1. The summed E-state index contributed by atoms with van der Waals surface area (Å²) in [6.45, 7) is 3.19. The van der Waals surface area contributed by atoms with Crippen LogP contribution in [0.15, 0.2) is 48.5 Å². The summed E-state index contributed by atoms with van der Waals surface area (Å²) < 4.78 is 13.5. The molecule has 1 atom stereocenters. The first kappa shape index (κ1) is 13.6. The van der Waals surface area contributed by atoms with Gasteiger partial charge in [-0.1, -0.05) is 37.3 Å². The molecule has 1 heterocycles. The number of benzene rings is 2. The fraction of sp³-hybridized carbons (Fsp3) is 0.235. The number of hydrogen-bond donors (Lipinski definition) is 1. The van der Waals surface area contributed by atoms with Crippen LogP contribution < -0.4 is 10.2 Å². The molecular weight excluding hydrogens is 267 g/mol. The van der Waals surface area contributed by atoms with E-state index in [-0.39, 0.29) is 18.1 Å². The van der Waals surface area contributed by atoms with Crippen LogP contribution >= 0.6 is 0 Å². The van der Waals surface area contributed by atoms with Crippen molar-refractivity contribution in [2.75, 3.05) is 23.3 Å². The molecule has 0 spiro atoms. The Balaban J connectivity index is 1.71. The number of carbonyl (C=O) groups excluding carboxylic acids is 1. The zero-order valence-corrected chi connectivity index (χ0v) is 11.8. The third-order valence-corrected chi connectivity index (χ3v) is 3.79. The van der Waals surface area contributed by atoms with E-state index in [1.54, 1.807) is 18.2 Å². The monoisotopic (exact) mass is 284 g/mol. The Hall–Kier alpha value is -2.36. The topological polar surface area (TPSA) is 32.3 Å². The van der Waals surface area contributed by atoms with E-state index in [0.29, 0.717) is 5.92 Å². The SMILES string of the molecule is CC1CN(CC(=O)Nc2ccccc2F)c2ccccc21. The average Bonchev–Trinajstić information content (AvgIpc) is 2.79. The van der Waals surface area contributed by atoms with Gasteiger partial charge in [0.25, 0.3) is 0 Å². The van der Waals surface area contributed by atoms with Gasteiger partial charge in [-0.15, -0.1) is 0 Å². The van der Waals surface area contributed by atoms with E-state index in [1.165, 1.54) is 11.6 Å². The molecule has 1 N–H and O–H groups in total. The van der Waals surface area contributed by atoms with Gasteiger partial charge >= 0.3 is 0 Å². The minimum Gasteiger partial charge on any atom is -0.361 e. The van der Waals surface area contributed by atoms with Crippen LogP contribution in [0.4, 0.5) is 15.8 Å². The normalized spacial score (nSPS) is 16.7. The molecule has 3 nitrogen and oxygen atoms in total. The number of fused-ring (bicyclic) bond motifs is 1. The number of nitrogens with one attached hydrogen (secondary N) is 1. The van der Waals surface area contributed by atoms with Crippen LogP contribution in [0, 0.1) is 5.82 Å². The van der Waals surface area contributed by atoms with Gasteiger partial charge in [0.05, 0.1) is 12.2 Å². The number of amides is 1. The largest absolute Gasteiger partial charge is 0.361 e. The van der Waals surface area contributed by atoms with E-state index >= 15 is 0 Å². The summed E-state index contributed by atoms with van der Waals surface area (Å²) in [5, 5.41) is 2.63. The predicted octanol–water partition coefficient (Wildman–Crippen LogP) is 3.39. The maximum Gasteiger partial charge on any atom is 0.243 e. The molecular formula is C17H17FN2O. The molecule has 0 fully saturated rings. The quantitative estimate of drug-likeness (QED) is 0.937. The summed E-state index contributed by atoms with van der Waals surface area (Å²) >= 11 is 0. The Morgan fingerprint density at radius 3 is 2.76 bits per heavy atom. The van der Waals surface area contributed by atoms with Crippen molar-refractivity contribution in [1.82, 2.24) is 0 Å². The highest BCUT2D eigenvalue weighted by Gasteiger charge is 2.26. The minimum atomic E-state index is -0.416. The molecule has 0 radical (unpaired) electrons. The van der Waals surface area contributed by atoms with Crippen LogP contribution in [0.1, 0.15) is 18.4 Å². The molecule has 0 saturated heterocycles. The highest BCUT2D eigenvalue weighted by atomic mass is 19.1. The smallest absolute Gasteiger partial charge is 0.243 e. The molecule has 1 aliphatic heterocycles. The van der Waals surface area contributed by atoms with Crippen molar-refractivity contribution < 1.29 is 9.18 Å². The molecule has 4 heteroatoms. The molecule has 0 aliphatic carbocycles. The summed E-state index contributed by atoms with van der Waals surface area (Å²) in [4.78, 5) is 14.2. The van der Waals surface area contributed by atoms with Gasteiger partial charge in [-0.05, 0) is 23.8 Å². The molecule has 21 heavy (non-hydrogen) atoms. The van der Waals surface area contributed by atoms with Crippen LogP contribution in [0.25, 0.3) is 0 Å². The zero-order valence-electron chi connectivity index (χ0n) is 11.8. The molecule has 3 rings (SSSR count). The average molecular weight is 284 g/mol. The van der Waals surface area contributed by atoms with Crippen LogP contribution in [0.3, 0.4) is 0 Å². The van der Waals surface area contributed by atoms with Gasteiger partial charge in [-0.25, -0.2) is 4.39 Å². The number of para-hydroxylation sites is 2. The molecule has 1 amide bonds. The second-order valence-corrected chi connectivity index (χ2v) is 5.37. The van der Waals surface area contributed by atoms with E-state index < -0.39 is 5.82 Å². The molecule has 108 valence electrons. The van der Waals surface area contributed by atoms with Crippen LogP contribution in [0.5, 0.6) is 0 Å². The standard InChI is InChI=1S/C17H17FN2O/c1-12-10-20(16-9-5-2-6-13(12)16)11-17(21)19-15-8-4-3-7-14(15)18/h2-9,12H,10-11H2,1H3,(H,19,21). The van der Waals surface area contributed by atoms with Gasteiger partial charge in [0.1, 0.15) is 5.82 Å². The molecule has 2 aromatic carbocycles. The summed E-state index contributed by atoms with van der Waals surface area (Å²) in [5.74, 6) is -0.215. The number of halogens is 1. The van der Waals surface area contributed by atoms with Crippen molar-refractivity contribution in [3.63, 3.8) is 0 Å². The fourth-order valence-corrected chi connectivity index (χ4v) is 2.79. The van der Waals surface area contributed by atoms with Crippen molar-refractivity contribution in [2.24, 2.45) is 0 Å². The van der Waals surface area contributed by atoms with Gasteiger partial charge in [0, 0.05) is 18.2 Å². The molecule has 0 bridgehead atoms. The van der Waals surface area contributed by atoms with Crippen molar-refractivity contribution in [1.29, 1.82) is 0 Å². The highest BCUT2D eigenvalue weighted by molar-refractivity contribution is 5.94. The fourth-order valence-electron chi connectivity index (χ4n) is 2.79. The second kappa shape index (κ2) is 5.56. The van der Waals surface area contributed by atoms with E-state index in [0.717, 1.165) is 12.2 Å². The number of nitrogens with zero attached hydrogens (tertiary/aromatic N) is 1. The van der Waals surface area contributed by atoms with Crippen LogP contribution in [-0.2, 0) is 4.79 Å². The number of rotatable bonds is 3. The first-order valence-electron chi connectivity index (χ1n) is 7.03. The van der Waals surface area contributed by atoms with E-state index in [4.69, 9.17) is 0 Å². The van der Waals surface area contributed by atoms with Gasteiger partial charge < -0.3 is 10.2 Å². The lowest BCUT2D eigenvalue weighted by atomic mass is 10.0. The molecule has 0 saturated carbocycles. The maximum atomic E-state index is 13.5. The Morgan fingerprint density at radius 2 is 1.95 bits per heavy atom. The Bertz CT molecular complexity index is 671. The Morgan fingerprint density at radius 1 is 1.24 bits per heavy atom. The third kappa shape index (κ3) is 2.75. The van der Waals surface area contributed by atoms with Crippen molar-refractivity contribution in [2.45, 2.75) is 12.8 Å². The molecule has 1 unspecified atom stereocenters. The number of anilines is 2. The third-order valence-electron chi connectivity index (χ3n) is 3.79. The lowest BCUT2D eigenvalue weighted by molar-refractivity contribution is -0.115. The van der Waals surface area contributed by atoms with Gasteiger partial charge in [-0.3, -0.25) is 4.79 Å². The summed E-state index contributed by atoms with van der Waals surface area (Å²) in [5.41, 5.74) is 2.58. The van der Waals surface area contributed by atoms with E-state index in [9.17, 15) is 9.18 Å². The summed E-state index contributed by atoms with van der Waals surface area (Å²) in [6, 6.07) is 14.3.